The smallest absolute Gasteiger partial charge is 0.222 e. The Morgan fingerprint density at radius 1 is 1.53 bits per heavy atom. The van der Waals surface area contributed by atoms with Gasteiger partial charge >= 0.3 is 0 Å². The Morgan fingerprint density at radius 3 is 2.73 bits per heavy atom. The van der Waals surface area contributed by atoms with E-state index in [1.54, 1.807) is 0 Å². The Morgan fingerprint density at radius 2 is 2.20 bits per heavy atom. The van der Waals surface area contributed by atoms with E-state index in [0.717, 1.165) is 9.26 Å². The Kier molecular flexibility index (Phi) is 4.40. The quantitative estimate of drug-likeness (QED) is 0.607. The molecule has 0 bridgehead atoms. The van der Waals surface area contributed by atoms with Crippen molar-refractivity contribution in [2.75, 3.05) is 5.32 Å². The normalized spacial score (nSPS) is 9.53. The number of aryl methyl sites for hydroxylation is 1. The number of carbonyl (C=O) groups excluding carboxylic acids is 1. The van der Waals surface area contributed by atoms with Crippen LogP contribution in [0, 0.1) is 10.5 Å². The molecule has 0 fully saturated rings. The van der Waals surface area contributed by atoms with Crippen LogP contribution in [0.3, 0.4) is 0 Å². The summed E-state index contributed by atoms with van der Waals surface area (Å²) < 4.78 is 1.09. The maximum absolute atomic E-state index is 10.7. The zero-order valence-corrected chi connectivity index (χ0v) is 11.3. The third kappa shape index (κ3) is 4.08. The molecule has 0 spiro atoms. The van der Waals surface area contributed by atoms with E-state index in [1.165, 1.54) is 6.92 Å². The van der Waals surface area contributed by atoms with Crippen molar-refractivity contribution in [1.29, 1.82) is 0 Å². The third-order valence-corrected chi connectivity index (χ3v) is 2.90. The summed E-state index contributed by atoms with van der Waals surface area (Å²) in [6.45, 7) is 3.31. The summed E-state index contributed by atoms with van der Waals surface area (Å²) in [7, 11) is 0. The first-order valence-corrected chi connectivity index (χ1v) is 5.69. The molecule has 0 aliphatic carbocycles. The second kappa shape index (κ2) is 5.36. The summed E-state index contributed by atoms with van der Waals surface area (Å²) in [6.07, 6.45) is 0. The number of pyridine rings is 1. The molecule has 0 radical (unpaired) electrons. The van der Waals surface area contributed by atoms with Crippen LogP contribution >= 0.6 is 34.8 Å². The largest absolute Gasteiger partial charge is 0.317 e. The third-order valence-electron chi connectivity index (χ3n) is 1.55. The van der Waals surface area contributed by atoms with Gasteiger partial charge in [-0.25, -0.2) is 4.98 Å². The summed E-state index contributed by atoms with van der Waals surface area (Å²) in [4.78, 5) is 15.0. The molecule has 2 N–H and O–H groups in total. The molecule has 0 saturated heterocycles. The molecule has 0 aliphatic rings. The van der Waals surface area contributed by atoms with E-state index in [1.807, 2.05) is 19.1 Å². The van der Waals surface area contributed by atoms with Crippen LogP contribution in [0.5, 0.6) is 0 Å². The van der Waals surface area contributed by atoms with Crippen LogP contribution in [0.2, 0.25) is 0 Å². The van der Waals surface area contributed by atoms with E-state index in [-0.39, 0.29) is 11.0 Å². The summed E-state index contributed by atoms with van der Waals surface area (Å²) in [6, 6.07) is 3.74. The maximum atomic E-state index is 10.7. The standard InChI is InChI=1S/C9H10IN3OS/c1-5-7(10)3-4-8(11-5)13-9(15)12-6(2)14/h3-4H,1-2H3,(H2,11,12,13,14,15). The summed E-state index contributed by atoms with van der Waals surface area (Å²) in [5.74, 6) is 0.432. The lowest BCUT2D eigenvalue weighted by molar-refractivity contribution is -0.117. The Labute approximate surface area is 107 Å². The number of aromatic nitrogens is 1. The Bertz CT molecular complexity index is 408. The van der Waals surface area contributed by atoms with Crippen LogP contribution in [0.15, 0.2) is 12.1 Å². The molecule has 0 atom stereocenters. The molecule has 6 heteroatoms. The molecule has 0 unspecified atom stereocenters. The van der Waals surface area contributed by atoms with Gasteiger partial charge in [-0.05, 0) is 53.9 Å². The lowest BCUT2D eigenvalue weighted by Crippen LogP contribution is -2.32. The lowest BCUT2D eigenvalue weighted by atomic mass is 10.4. The van der Waals surface area contributed by atoms with Gasteiger partial charge in [-0.15, -0.1) is 0 Å². The van der Waals surface area contributed by atoms with Crippen LogP contribution in [0.25, 0.3) is 0 Å². The van der Waals surface area contributed by atoms with Gasteiger partial charge in [0.2, 0.25) is 5.91 Å². The molecule has 1 amide bonds. The number of carbonyl (C=O) groups is 1. The van der Waals surface area contributed by atoms with Crippen LogP contribution in [0.4, 0.5) is 5.82 Å². The fourth-order valence-electron chi connectivity index (χ4n) is 0.921. The molecule has 80 valence electrons. The van der Waals surface area contributed by atoms with E-state index < -0.39 is 0 Å². The van der Waals surface area contributed by atoms with Gasteiger partial charge in [-0.1, -0.05) is 0 Å². The predicted octanol–water partition coefficient (Wildman–Crippen LogP) is 1.83. The summed E-state index contributed by atoms with van der Waals surface area (Å²) in [5, 5.41) is 5.55. The first kappa shape index (κ1) is 12.3. The first-order valence-electron chi connectivity index (χ1n) is 4.21. The lowest BCUT2D eigenvalue weighted by Gasteiger charge is -2.08. The minimum atomic E-state index is -0.199. The molecule has 1 aromatic rings. The maximum Gasteiger partial charge on any atom is 0.222 e. The van der Waals surface area contributed by atoms with Gasteiger partial charge in [0.1, 0.15) is 5.82 Å². The minimum absolute atomic E-state index is 0.199. The SMILES string of the molecule is CC(=O)NC(=S)Nc1ccc(I)c(C)n1. The Balaban J connectivity index is 2.69. The van der Waals surface area contributed by atoms with Gasteiger partial charge in [0, 0.05) is 10.5 Å². The number of amides is 1. The van der Waals surface area contributed by atoms with E-state index in [2.05, 4.69) is 38.2 Å². The van der Waals surface area contributed by atoms with Crippen LogP contribution in [-0.4, -0.2) is 16.0 Å². The van der Waals surface area contributed by atoms with Crippen LogP contribution < -0.4 is 10.6 Å². The molecule has 0 saturated carbocycles. The number of nitrogens with zero attached hydrogens (tertiary/aromatic N) is 1. The van der Waals surface area contributed by atoms with Gasteiger partial charge < -0.3 is 10.6 Å². The fourth-order valence-corrected chi connectivity index (χ4v) is 1.47. The van der Waals surface area contributed by atoms with E-state index >= 15 is 0 Å². The number of anilines is 1. The average molecular weight is 335 g/mol. The molecule has 0 aliphatic heterocycles. The number of thiocarbonyl (C=S) groups is 1. The molecular formula is C9H10IN3OS. The van der Waals surface area contributed by atoms with Crippen molar-refractivity contribution < 1.29 is 4.79 Å². The van der Waals surface area contributed by atoms with Gasteiger partial charge in [-0.2, -0.15) is 0 Å². The fraction of sp³-hybridized carbons (Fsp3) is 0.222. The van der Waals surface area contributed by atoms with Crippen molar-refractivity contribution in [3.05, 3.63) is 21.4 Å². The van der Waals surface area contributed by atoms with Crippen LogP contribution in [0.1, 0.15) is 12.6 Å². The van der Waals surface area contributed by atoms with Crippen molar-refractivity contribution in [3.8, 4) is 0 Å². The first-order chi connectivity index (χ1) is 6.99. The second-order valence-electron chi connectivity index (χ2n) is 2.90. The molecule has 1 heterocycles. The van der Waals surface area contributed by atoms with Gasteiger partial charge in [0.15, 0.2) is 5.11 Å². The highest BCUT2D eigenvalue weighted by Crippen LogP contribution is 2.12. The van der Waals surface area contributed by atoms with Crippen LogP contribution in [-0.2, 0) is 4.79 Å². The topological polar surface area (TPSA) is 54.0 Å². The van der Waals surface area contributed by atoms with E-state index in [0.29, 0.717) is 5.82 Å². The number of hydrogen-bond donors (Lipinski definition) is 2. The zero-order chi connectivity index (χ0) is 11.4. The Hall–Kier alpha value is -0.760. The van der Waals surface area contributed by atoms with Crippen molar-refractivity contribution in [2.24, 2.45) is 0 Å². The number of rotatable bonds is 1. The van der Waals surface area contributed by atoms with E-state index in [4.69, 9.17) is 12.2 Å². The molecule has 4 nitrogen and oxygen atoms in total. The molecule has 15 heavy (non-hydrogen) atoms. The zero-order valence-electron chi connectivity index (χ0n) is 8.30. The highest BCUT2D eigenvalue weighted by atomic mass is 127. The van der Waals surface area contributed by atoms with Crippen molar-refractivity contribution in [1.82, 2.24) is 10.3 Å². The average Bonchev–Trinajstić information content (AvgIpc) is 2.10. The molecule has 1 rings (SSSR count). The van der Waals surface area contributed by atoms with E-state index in [9.17, 15) is 4.79 Å². The molecule has 0 aromatic carbocycles. The van der Waals surface area contributed by atoms with Crippen molar-refractivity contribution in [3.63, 3.8) is 0 Å². The highest BCUT2D eigenvalue weighted by Gasteiger charge is 2.02. The van der Waals surface area contributed by atoms with Gasteiger partial charge in [0.25, 0.3) is 0 Å². The van der Waals surface area contributed by atoms with Crippen molar-refractivity contribution in [2.45, 2.75) is 13.8 Å². The molecule has 1 aromatic heterocycles. The van der Waals surface area contributed by atoms with Gasteiger partial charge in [-0.3, -0.25) is 4.79 Å². The summed E-state index contributed by atoms with van der Waals surface area (Å²) >= 11 is 7.11. The van der Waals surface area contributed by atoms with Gasteiger partial charge in [0.05, 0.1) is 5.69 Å². The predicted molar refractivity (Wildman–Crippen MR) is 71.7 cm³/mol. The summed E-state index contributed by atoms with van der Waals surface area (Å²) in [5.41, 5.74) is 0.922. The monoisotopic (exact) mass is 335 g/mol. The number of halogens is 1. The number of hydrogen-bond acceptors (Lipinski definition) is 3. The minimum Gasteiger partial charge on any atom is -0.317 e. The molecular weight excluding hydrogens is 325 g/mol. The second-order valence-corrected chi connectivity index (χ2v) is 4.47. The van der Waals surface area contributed by atoms with Crippen molar-refractivity contribution >= 4 is 51.6 Å². The highest BCUT2D eigenvalue weighted by molar-refractivity contribution is 14.1. The number of nitrogens with one attached hydrogen (secondary N) is 2.